The van der Waals surface area contributed by atoms with E-state index in [0.29, 0.717) is 12.4 Å². The number of anilines is 2. The van der Waals surface area contributed by atoms with Crippen molar-refractivity contribution < 1.29 is 0 Å². The molecule has 4 heterocycles. The molecule has 7 heteroatoms. The number of nitrogen functional groups attached to an aromatic ring is 1. The van der Waals surface area contributed by atoms with Crippen LogP contribution >= 0.6 is 0 Å². The van der Waals surface area contributed by atoms with Gasteiger partial charge < -0.3 is 16.0 Å². The summed E-state index contributed by atoms with van der Waals surface area (Å²) in [5.41, 5.74) is 10.9. The van der Waals surface area contributed by atoms with Gasteiger partial charge >= 0.3 is 0 Å². The summed E-state index contributed by atoms with van der Waals surface area (Å²) in [7, 11) is 0. The summed E-state index contributed by atoms with van der Waals surface area (Å²) in [4.78, 5) is 20.4. The van der Waals surface area contributed by atoms with Crippen LogP contribution in [0.4, 0.5) is 11.6 Å². The first-order valence-electron chi connectivity index (χ1n) is 8.89. The highest BCUT2D eigenvalue weighted by atomic mass is 15.0. The molecule has 136 valence electrons. The van der Waals surface area contributed by atoms with Crippen LogP contribution in [0.25, 0.3) is 33.1 Å². The molecule has 0 atom stereocenters. The van der Waals surface area contributed by atoms with E-state index in [0.717, 1.165) is 44.4 Å². The molecule has 0 aliphatic rings. The zero-order chi connectivity index (χ0) is 18.9. The van der Waals surface area contributed by atoms with Crippen LogP contribution < -0.4 is 11.1 Å². The molecular formula is C21H17N7. The van der Waals surface area contributed by atoms with E-state index in [1.54, 1.807) is 6.20 Å². The Morgan fingerprint density at radius 3 is 2.89 bits per heavy atom. The molecule has 5 aromatic rings. The maximum Gasteiger partial charge on any atom is 0.140 e. The highest BCUT2D eigenvalue weighted by Gasteiger charge is 2.11. The number of hydrogen-bond acceptors (Lipinski definition) is 6. The number of hydrogen-bond donors (Lipinski definition) is 3. The second-order valence-corrected chi connectivity index (χ2v) is 6.50. The minimum Gasteiger partial charge on any atom is -0.383 e. The van der Waals surface area contributed by atoms with Crippen LogP contribution in [0.5, 0.6) is 0 Å². The average molecular weight is 367 g/mol. The summed E-state index contributed by atoms with van der Waals surface area (Å²) >= 11 is 0. The van der Waals surface area contributed by atoms with Crippen molar-refractivity contribution in [1.29, 1.82) is 0 Å². The summed E-state index contributed by atoms with van der Waals surface area (Å²) in [6, 6.07) is 14.1. The van der Waals surface area contributed by atoms with E-state index < -0.39 is 0 Å². The van der Waals surface area contributed by atoms with Gasteiger partial charge in [-0.05, 0) is 47.0 Å². The number of nitrogens with one attached hydrogen (secondary N) is 2. The molecule has 0 aliphatic heterocycles. The number of aromatic amines is 1. The highest BCUT2D eigenvalue weighted by Crippen LogP contribution is 2.32. The Balaban J connectivity index is 1.58. The lowest BCUT2D eigenvalue weighted by atomic mass is 10.0. The molecular weight excluding hydrogens is 350 g/mol. The lowest BCUT2D eigenvalue weighted by Gasteiger charge is -2.10. The van der Waals surface area contributed by atoms with Crippen molar-refractivity contribution in [1.82, 2.24) is 24.9 Å². The Labute approximate surface area is 160 Å². The number of aromatic nitrogens is 5. The Bertz CT molecular complexity index is 1280. The normalized spacial score (nSPS) is 11.1. The number of pyridine rings is 2. The maximum atomic E-state index is 6.05. The van der Waals surface area contributed by atoms with Gasteiger partial charge in [0.25, 0.3) is 0 Å². The fraction of sp³-hybridized carbons (Fsp3) is 0.0476. The first-order valence-corrected chi connectivity index (χ1v) is 8.89. The lowest BCUT2D eigenvalue weighted by molar-refractivity contribution is 1.09. The van der Waals surface area contributed by atoms with Crippen molar-refractivity contribution in [2.45, 2.75) is 6.54 Å². The summed E-state index contributed by atoms with van der Waals surface area (Å²) in [5.74, 6) is 1.26. The third-order valence-electron chi connectivity index (χ3n) is 4.70. The van der Waals surface area contributed by atoms with Gasteiger partial charge in [0.1, 0.15) is 23.6 Å². The molecule has 5 rings (SSSR count). The molecule has 0 amide bonds. The van der Waals surface area contributed by atoms with Gasteiger partial charge in [0.2, 0.25) is 0 Å². The molecule has 28 heavy (non-hydrogen) atoms. The van der Waals surface area contributed by atoms with Crippen LogP contribution in [0, 0.1) is 0 Å². The number of H-pyrrole nitrogens is 1. The Hall–Kier alpha value is -4.00. The van der Waals surface area contributed by atoms with Gasteiger partial charge in [0.15, 0.2) is 0 Å². The fourth-order valence-corrected chi connectivity index (χ4v) is 3.31. The van der Waals surface area contributed by atoms with Crippen molar-refractivity contribution >= 4 is 33.6 Å². The van der Waals surface area contributed by atoms with Crippen LogP contribution in [-0.2, 0) is 6.54 Å². The number of fused-ring (bicyclic) bond motifs is 2. The van der Waals surface area contributed by atoms with Gasteiger partial charge in [-0.15, -0.1) is 0 Å². The second kappa shape index (κ2) is 6.62. The van der Waals surface area contributed by atoms with Crippen LogP contribution in [0.2, 0.25) is 0 Å². The van der Waals surface area contributed by atoms with Gasteiger partial charge in [-0.25, -0.2) is 15.0 Å². The zero-order valence-corrected chi connectivity index (χ0v) is 14.9. The van der Waals surface area contributed by atoms with Crippen LogP contribution in [0.1, 0.15) is 5.56 Å². The van der Waals surface area contributed by atoms with Crippen molar-refractivity contribution in [2.24, 2.45) is 0 Å². The van der Waals surface area contributed by atoms with E-state index in [-0.39, 0.29) is 0 Å². The Morgan fingerprint density at radius 2 is 2.00 bits per heavy atom. The van der Waals surface area contributed by atoms with E-state index in [1.807, 2.05) is 54.9 Å². The third-order valence-corrected chi connectivity index (χ3v) is 4.70. The molecule has 0 saturated heterocycles. The van der Waals surface area contributed by atoms with Gasteiger partial charge in [-0.3, -0.25) is 4.98 Å². The molecule has 0 saturated carbocycles. The third kappa shape index (κ3) is 2.88. The monoisotopic (exact) mass is 367 g/mol. The van der Waals surface area contributed by atoms with Crippen molar-refractivity contribution in [2.75, 3.05) is 11.1 Å². The van der Waals surface area contributed by atoms with Crippen LogP contribution in [0.3, 0.4) is 0 Å². The molecule has 0 bridgehead atoms. The molecule has 0 unspecified atom stereocenters. The van der Waals surface area contributed by atoms with Crippen molar-refractivity contribution in [3.8, 4) is 11.1 Å². The quantitative estimate of drug-likeness (QED) is 0.447. The summed E-state index contributed by atoms with van der Waals surface area (Å²) in [6.07, 6.45) is 6.98. The largest absolute Gasteiger partial charge is 0.383 e. The first-order chi connectivity index (χ1) is 13.8. The minimum atomic E-state index is 0.473. The van der Waals surface area contributed by atoms with E-state index in [2.05, 4.69) is 30.2 Å². The van der Waals surface area contributed by atoms with Crippen molar-refractivity contribution in [3.63, 3.8) is 0 Å². The molecule has 4 aromatic heterocycles. The smallest absolute Gasteiger partial charge is 0.140 e. The topological polar surface area (TPSA) is 105 Å². The molecule has 1 aromatic carbocycles. The Morgan fingerprint density at radius 1 is 1.04 bits per heavy atom. The molecule has 0 fully saturated rings. The van der Waals surface area contributed by atoms with Gasteiger partial charge in [0, 0.05) is 35.9 Å². The summed E-state index contributed by atoms with van der Waals surface area (Å²) in [6.45, 7) is 0.644. The predicted molar refractivity (Wildman–Crippen MR) is 111 cm³/mol. The second-order valence-electron chi connectivity index (χ2n) is 6.50. The molecule has 7 nitrogen and oxygen atoms in total. The summed E-state index contributed by atoms with van der Waals surface area (Å²) in [5, 5.41) is 5.26. The van der Waals surface area contributed by atoms with E-state index in [9.17, 15) is 0 Å². The Kier molecular flexibility index (Phi) is 3.83. The maximum absolute atomic E-state index is 6.05. The lowest BCUT2D eigenvalue weighted by Crippen LogP contribution is -2.02. The van der Waals surface area contributed by atoms with Crippen LogP contribution in [-0.4, -0.2) is 24.9 Å². The number of benzene rings is 1. The molecule has 0 spiro atoms. The first kappa shape index (κ1) is 16.2. The number of rotatable bonds is 4. The predicted octanol–water partition coefficient (Wildman–Crippen LogP) is 3.76. The van der Waals surface area contributed by atoms with Gasteiger partial charge in [-0.2, -0.15) is 0 Å². The molecule has 0 aliphatic carbocycles. The number of nitrogens with two attached hydrogens (primary N) is 1. The fourth-order valence-electron chi connectivity index (χ4n) is 3.31. The number of nitrogens with zero attached hydrogens (tertiary/aromatic N) is 4. The molecule has 4 N–H and O–H groups in total. The molecule has 0 radical (unpaired) electrons. The summed E-state index contributed by atoms with van der Waals surface area (Å²) < 4.78 is 0. The average Bonchev–Trinajstić information content (AvgIpc) is 3.21. The van der Waals surface area contributed by atoms with E-state index >= 15 is 0 Å². The van der Waals surface area contributed by atoms with Crippen LogP contribution in [0.15, 0.2) is 67.4 Å². The van der Waals surface area contributed by atoms with Gasteiger partial charge in [0.05, 0.1) is 5.52 Å². The van der Waals surface area contributed by atoms with E-state index in [4.69, 9.17) is 5.73 Å². The van der Waals surface area contributed by atoms with Crippen molar-refractivity contribution in [3.05, 3.63) is 72.9 Å². The van der Waals surface area contributed by atoms with Gasteiger partial charge in [-0.1, -0.05) is 12.1 Å². The highest BCUT2D eigenvalue weighted by molar-refractivity contribution is 5.98. The zero-order valence-electron chi connectivity index (χ0n) is 14.9. The van der Waals surface area contributed by atoms with E-state index in [1.165, 1.54) is 6.33 Å². The standard InChI is InChI=1S/C21H17N7/c22-20-17-8-14(3-4-18(17)26-12-27-20)16-9-19(28-21-15(16)5-7-24-21)25-11-13-2-1-6-23-10-13/h1-10,12H,11H2,(H2,22,26,27)(H2,24,25,28). The minimum absolute atomic E-state index is 0.473. The SMILES string of the molecule is Nc1ncnc2ccc(-c3cc(NCc4cccnc4)nc4[nH]ccc34)cc12.